The molecule has 0 aliphatic heterocycles. The summed E-state index contributed by atoms with van der Waals surface area (Å²) in [5.74, 6) is 0.613. The van der Waals surface area contributed by atoms with Crippen LogP contribution in [0.3, 0.4) is 0 Å². The molecule has 112 valence electrons. The van der Waals surface area contributed by atoms with Crippen molar-refractivity contribution in [2.24, 2.45) is 0 Å². The summed E-state index contributed by atoms with van der Waals surface area (Å²) in [5.41, 5.74) is -0.307. The Morgan fingerprint density at radius 3 is 2.60 bits per heavy atom. The second-order valence-corrected chi connectivity index (χ2v) is 7.48. The fourth-order valence-electron chi connectivity index (χ4n) is 1.54. The first-order valence-corrected chi connectivity index (χ1v) is 8.84. The van der Waals surface area contributed by atoms with Crippen LogP contribution in [0.2, 0.25) is 5.02 Å². The van der Waals surface area contributed by atoms with Gasteiger partial charge in [-0.05, 0) is 19.2 Å². The van der Waals surface area contributed by atoms with Gasteiger partial charge >= 0.3 is 0 Å². The van der Waals surface area contributed by atoms with Crippen molar-refractivity contribution in [2.45, 2.75) is 17.9 Å². The predicted octanol–water partition coefficient (Wildman–Crippen LogP) is 2.62. The highest BCUT2D eigenvalue weighted by Gasteiger charge is 2.28. The van der Waals surface area contributed by atoms with Crippen LogP contribution in [0.4, 0.5) is 5.69 Å². The molecule has 1 aromatic rings. The molecular weight excluding hydrogens is 324 g/mol. The highest BCUT2D eigenvalue weighted by Crippen LogP contribution is 2.29. The number of thioether (sulfide) groups is 1. The van der Waals surface area contributed by atoms with Gasteiger partial charge in [0.15, 0.2) is 0 Å². The summed E-state index contributed by atoms with van der Waals surface area (Å²) < 4.78 is 26.1. The molecule has 9 heteroatoms. The normalized spacial score (nSPS) is 13.4. The number of benzene rings is 1. The molecule has 0 bridgehead atoms. The number of hydrogen-bond acceptors (Lipinski definition) is 5. The molecule has 0 aliphatic rings. The van der Waals surface area contributed by atoms with Crippen LogP contribution in [0.15, 0.2) is 23.1 Å². The summed E-state index contributed by atoms with van der Waals surface area (Å²) in [7, 11) is -2.43. The van der Waals surface area contributed by atoms with E-state index in [4.69, 9.17) is 11.6 Å². The van der Waals surface area contributed by atoms with Crippen molar-refractivity contribution < 1.29 is 13.3 Å². The third-order valence-corrected chi connectivity index (χ3v) is 6.08. The van der Waals surface area contributed by atoms with Crippen LogP contribution in [0, 0.1) is 10.1 Å². The van der Waals surface area contributed by atoms with Crippen molar-refractivity contribution in [2.75, 3.05) is 19.1 Å². The number of hydrogen-bond donors (Lipinski definition) is 0. The van der Waals surface area contributed by atoms with Gasteiger partial charge in [0.25, 0.3) is 5.69 Å². The molecule has 0 aliphatic carbocycles. The van der Waals surface area contributed by atoms with Crippen LogP contribution in [-0.4, -0.2) is 42.7 Å². The maximum Gasteiger partial charge on any atom is 0.270 e. The summed E-state index contributed by atoms with van der Waals surface area (Å²) in [6, 6.07) is 3.14. The summed E-state index contributed by atoms with van der Waals surface area (Å²) >= 11 is 7.39. The minimum absolute atomic E-state index is 0.0289. The summed E-state index contributed by atoms with van der Waals surface area (Å²) in [4.78, 5) is 9.85. The maximum absolute atomic E-state index is 12.5. The monoisotopic (exact) mass is 338 g/mol. The average molecular weight is 339 g/mol. The molecule has 0 radical (unpaired) electrons. The second kappa shape index (κ2) is 6.75. The van der Waals surface area contributed by atoms with Crippen LogP contribution in [0.1, 0.15) is 6.92 Å². The minimum atomic E-state index is -3.86. The lowest BCUT2D eigenvalue weighted by molar-refractivity contribution is -0.385. The van der Waals surface area contributed by atoms with Gasteiger partial charge in [-0.15, -0.1) is 0 Å². The Hall–Kier alpha value is -0.830. The largest absolute Gasteiger partial charge is 0.270 e. The van der Waals surface area contributed by atoms with Gasteiger partial charge in [-0.2, -0.15) is 16.1 Å². The molecular formula is C11H15ClN2O4S2. The van der Waals surface area contributed by atoms with Crippen LogP contribution in [0.25, 0.3) is 0 Å². The Labute approximate surface area is 127 Å². The highest BCUT2D eigenvalue weighted by atomic mass is 35.5. The van der Waals surface area contributed by atoms with E-state index < -0.39 is 14.9 Å². The van der Waals surface area contributed by atoms with E-state index >= 15 is 0 Å². The Kier molecular flexibility index (Phi) is 5.81. The van der Waals surface area contributed by atoms with Crippen molar-refractivity contribution in [3.63, 3.8) is 0 Å². The molecule has 0 amide bonds. The molecule has 0 saturated heterocycles. The van der Waals surface area contributed by atoms with Crippen LogP contribution < -0.4 is 0 Å². The third-order valence-electron chi connectivity index (χ3n) is 2.81. The van der Waals surface area contributed by atoms with Gasteiger partial charge in [-0.3, -0.25) is 10.1 Å². The molecule has 0 heterocycles. The number of nitro benzene ring substituents is 1. The molecule has 0 aromatic heterocycles. The zero-order valence-corrected chi connectivity index (χ0v) is 13.6. The van der Waals surface area contributed by atoms with Crippen molar-refractivity contribution in [1.82, 2.24) is 4.31 Å². The summed E-state index contributed by atoms with van der Waals surface area (Å²) in [6.45, 7) is 1.76. The van der Waals surface area contributed by atoms with Gasteiger partial charge in [0.1, 0.15) is 4.90 Å². The Morgan fingerprint density at radius 1 is 1.50 bits per heavy atom. The van der Waals surface area contributed by atoms with E-state index in [1.165, 1.54) is 35.2 Å². The van der Waals surface area contributed by atoms with Gasteiger partial charge in [-0.1, -0.05) is 11.6 Å². The highest BCUT2D eigenvalue weighted by molar-refractivity contribution is 7.98. The molecule has 0 saturated carbocycles. The molecule has 1 rings (SSSR count). The molecule has 1 unspecified atom stereocenters. The van der Waals surface area contributed by atoms with E-state index in [2.05, 4.69) is 0 Å². The molecule has 1 aromatic carbocycles. The number of nitro groups is 1. The predicted molar refractivity (Wildman–Crippen MR) is 80.9 cm³/mol. The number of halogens is 1. The number of non-ortho nitro benzene ring substituents is 1. The zero-order chi connectivity index (χ0) is 15.5. The van der Waals surface area contributed by atoms with Crippen molar-refractivity contribution in [3.8, 4) is 0 Å². The van der Waals surface area contributed by atoms with E-state index in [9.17, 15) is 18.5 Å². The van der Waals surface area contributed by atoms with Gasteiger partial charge in [0, 0.05) is 31.0 Å². The first kappa shape index (κ1) is 17.2. The molecule has 0 N–H and O–H groups in total. The van der Waals surface area contributed by atoms with E-state index in [1.807, 2.05) is 6.26 Å². The van der Waals surface area contributed by atoms with Crippen LogP contribution >= 0.6 is 23.4 Å². The molecule has 0 spiro atoms. The standard InChI is InChI=1S/C11H15ClN2O4S2/c1-8(7-19-3)13(2)20(17,18)11-6-9(14(15)16)4-5-10(11)12/h4-6,8H,7H2,1-3H3. The topological polar surface area (TPSA) is 80.5 Å². The lowest BCUT2D eigenvalue weighted by atomic mass is 10.3. The van der Waals surface area contributed by atoms with E-state index in [-0.39, 0.29) is 21.6 Å². The van der Waals surface area contributed by atoms with E-state index in [0.29, 0.717) is 5.75 Å². The zero-order valence-electron chi connectivity index (χ0n) is 11.2. The molecule has 6 nitrogen and oxygen atoms in total. The number of sulfonamides is 1. The minimum Gasteiger partial charge on any atom is -0.258 e. The van der Waals surface area contributed by atoms with Gasteiger partial charge < -0.3 is 0 Å². The Morgan fingerprint density at radius 2 is 2.10 bits per heavy atom. The molecule has 20 heavy (non-hydrogen) atoms. The second-order valence-electron chi connectivity index (χ2n) is 4.20. The Bertz CT molecular complexity index is 606. The molecule has 1 atom stereocenters. The lowest BCUT2D eigenvalue weighted by Crippen LogP contribution is -2.36. The van der Waals surface area contributed by atoms with Crippen molar-refractivity contribution in [3.05, 3.63) is 33.3 Å². The molecule has 0 fully saturated rings. The summed E-state index contributed by atoms with van der Waals surface area (Å²) in [5, 5.41) is 10.7. The SMILES string of the molecule is CSCC(C)N(C)S(=O)(=O)c1cc([N+](=O)[O-])ccc1Cl. The van der Waals surface area contributed by atoms with E-state index in [0.717, 1.165) is 6.07 Å². The smallest absolute Gasteiger partial charge is 0.258 e. The van der Waals surface area contributed by atoms with E-state index in [1.54, 1.807) is 6.92 Å². The fourth-order valence-corrected chi connectivity index (χ4v) is 4.19. The maximum atomic E-state index is 12.5. The average Bonchev–Trinajstić information content (AvgIpc) is 2.37. The first-order valence-electron chi connectivity index (χ1n) is 5.62. The van der Waals surface area contributed by atoms with Gasteiger partial charge in [0.05, 0.1) is 9.95 Å². The van der Waals surface area contributed by atoms with Crippen molar-refractivity contribution >= 4 is 39.1 Å². The quantitative estimate of drug-likeness (QED) is 0.588. The lowest BCUT2D eigenvalue weighted by Gasteiger charge is -2.24. The number of nitrogens with zero attached hydrogens (tertiary/aromatic N) is 2. The first-order chi connectivity index (χ1) is 9.21. The summed E-state index contributed by atoms with van der Waals surface area (Å²) in [6.07, 6.45) is 1.87. The Balaban J connectivity index is 3.27. The van der Waals surface area contributed by atoms with Gasteiger partial charge in [-0.25, -0.2) is 8.42 Å². The van der Waals surface area contributed by atoms with Gasteiger partial charge in [0.2, 0.25) is 10.0 Å². The van der Waals surface area contributed by atoms with Crippen LogP contribution in [-0.2, 0) is 10.0 Å². The fraction of sp³-hybridized carbons (Fsp3) is 0.455. The van der Waals surface area contributed by atoms with Crippen LogP contribution in [0.5, 0.6) is 0 Å². The number of rotatable bonds is 6. The van der Waals surface area contributed by atoms with Crippen molar-refractivity contribution in [1.29, 1.82) is 0 Å². The third kappa shape index (κ3) is 3.63.